The van der Waals surface area contributed by atoms with Gasteiger partial charge in [-0.05, 0) is 25.0 Å². The van der Waals surface area contributed by atoms with Gasteiger partial charge < -0.3 is 0 Å². The molecule has 0 radical (unpaired) electrons. The molecule has 0 heterocycles. The Hall–Kier alpha value is -1.45. The highest BCUT2D eigenvalue weighted by molar-refractivity contribution is 7.89. The van der Waals surface area contributed by atoms with E-state index in [0.717, 1.165) is 6.07 Å². The maximum Gasteiger partial charge on any atom is 0.244 e. The van der Waals surface area contributed by atoms with Crippen molar-refractivity contribution >= 4 is 10.0 Å². The van der Waals surface area contributed by atoms with Gasteiger partial charge in [-0.15, -0.1) is 0 Å². The fourth-order valence-electron chi connectivity index (χ4n) is 1.82. The molecule has 4 nitrogen and oxygen atoms in total. The molecule has 0 saturated heterocycles. The predicted octanol–water partition coefficient (Wildman–Crippen LogP) is 2.51. The summed E-state index contributed by atoms with van der Waals surface area (Å²) in [7, 11) is -3.82. The Bertz CT molecular complexity index is 573. The van der Waals surface area contributed by atoms with E-state index in [9.17, 15) is 12.8 Å². The van der Waals surface area contributed by atoms with Gasteiger partial charge in [0.2, 0.25) is 10.0 Å². The SMILES string of the molecule is CCCN(CCC)S(=O)(=O)c1cccc(F)c1C#N. The number of sulfonamides is 1. The van der Waals surface area contributed by atoms with Crippen LogP contribution >= 0.6 is 0 Å². The van der Waals surface area contributed by atoms with Crippen molar-refractivity contribution in [1.82, 2.24) is 4.31 Å². The molecule has 0 saturated carbocycles. The first-order chi connectivity index (χ1) is 8.98. The fraction of sp³-hybridized carbons (Fsp3) is 0.462. The highest BCUT2D eigenvalue weighted by Gasteiger charge is 2.27. The van der Waals surface area contributed by atoms with Gasteiger partial charge in [0, 0.05) is 13.1 Å². The van der Waals surface area contributed by atoms with Crippen LogP contribution in [0.1, 0.15) is 32.3 Å². The molecule has 0 aliphatic carbocycles. The Kier molecular flexibility index (Phi) is 5.45. The molecule has 0 fully saturated rings. The first-order valence-corrected chi connectivity index (χ1v) is 7.61. The first kappa shape index (κ1) is 15.6. The predicted molar refractivity (Wildman–Crippen MR) is 70.5 cm³/mol. The van der Waals surface area contributed by atoms with Gasteiger partial charge in [-0.25, -0.2) is 12.8 Å². The lowest BCUT2D eigenvalue weighted by Gasteiger charge is -2.21. The zero-order valence-electron chi connectivity index (χ0n) is 11.1. The molecule has 0 aliphatic rings. The smallest absolute Gasteiger partial charge is 0.207 e. The second-order valence-corrected chi connectivity index (χ2v) is 6.04. The second-order valence-electron chi connectivity index (χ2n) is 4.13. The van der Waals surface area contributed by atoms with E-state index < -0.39 is 21.4 Å². The van der Waals surface area contributed by atoms with Crippen LogP contribution in [-0.4, -0.2) is 25.8 Å². The van der Waals surface area contributed by atoms with Gasteiger partial charge in [-0.1, -0.05) is 19.9 Å². The summed E-state index contributed by atoms with van der Waals surface area (Å²) in [5.74, 6) is -0.809. The highest BCUT2D eigenvalue weighted by Crippen LogP contribution is 2.22. The fourth-order valence-corrected chi connectivity index (χ4v) is 3.59. The van der Waals surface area contributed by atoms with Gasteiger partial charge in [-0.2, -0.15) is 9.57 Å². The Labute approximate surface area is 113 Å². The topological polar surface area (TPSA) is 61.2 Å². The van der Waals surface area contributed by atoms with Crippen molar-refractivity contribution in [2.45, 2.75) is 31.6 Å². The first-order valence-electron chi connectivity index (χ1n) is 6.17. The molecule has 1 aromatic rings. The molecular formula is C13H17FN2O2S. The van der Waals surface area contributed by atoms with Crippen LogP contribution in [-0.2, 0) is 10.0 Å². The van der Waals surface area contributed by atoms with E-state index in [2.05, 4.69) is 0 Å². The molecule has 0 aromatic heterocycles. The average Bonchev–Trinajstić information content (AvgIpc) is 2.38. The molecule has 0 N–H and O–H groups in total. The third-order valence-electron chi connectivity index (χ3n) is 2.65. The van der Waals surface area contributed by atoms with Gasteiger partial charge in [0.25, 0.3) is 0 Å². The van der Waals surface area contributed by atoms with E-state index >= 15 is 0 Å². The molecule has 6 heteroatoms. The number of benzene rings is 1. The van der Waals surface area contributed by atoms with Gasteiger partial charge >= 0.3 is 0 Å². The third-order valence-corrected chi connectivity index (χ3v) is 4.59. The monoisotopic (exact) mass is 284 g/mol. The lowest BCUT2D eigenvalue weighted by atomic mass is 10.2. The maximum atomic E-state index is 13.5. The molecule has 0 aliphatic heterocycles. The summed E-state index contributed by atoms with van der Waals surface area (Å²) in [5.41, 5.74) is -0.417. The van der Waals surface area contributed by atoms with Crippen LogP contribution in [0.25, 0.3) is 0 Å². The summed E-state index contributed by atoms with van der Waals surface area (Å²) in [6.07, 6.45) is 1.33. The van der Waals surface area contributed by atoms with Gasteiger partial charge in [0.1, 0.15) is 22.3 Å². The van der Waals surface area contributed by atoms with E-state index in [4.69, 9.17) is 5.26 Å². The summed E-state index contributed by atoms with van der Waals surface area (Å²) in [4.78, 5) is -0.253. The van der Waals surface area contributed by atoms with E-state index in [-0.39, 0.29) is 4.90 Å². The van der Waals surface area contributed by atoms with Gasteiger partial charge in [-0.3, -0.25) is 0 Å². The zero-order valence-corrected chi connectivity index (χ0v) is 11.9. The van der Waals surface area contributed by atoms with E-state index in [1.54, 1.807) is 6.07 Å². The molecule has 104 valence electrons. The normalized spacial score (nSPS) is 11.5. The van der Waals surface area contributed by atoms with Crippen LogP contribution in [0.2, 0.25) is 0 Å². The van der Waals surface area contributed by atoms with Crippen LogP contribution < -0.4 is 0 Å². The minimum absolute atomic E-state index is 0.253. The molecule has 0 unspecified atom stereocenters. The molecule has 0 spiro atoms. The van der Waals surface area contributed by atoms with E-state index in [1.807, 2.05) is 13.8 Å². The van der Waals surface area contributed by atoms with E-state index in [1.165, 1.54) is 16.4 Å². The number of hydrogen-bond donors (Lipinski definition) is 0. The van der Waals surface area contributed by atoms with Crippen LogP contribution in [0, 0.1) is 17.1 Å². The maximum absolute atomic E-state index is 13.5. The summed E-state index contributed by atoms with van der Waals surface area (Å²) in [6, 6.07) is 5.29. The molecule has 0 bridgehead atoms. The third kappa shape index (κ3) is 3.31. The van der Waals surface area contributed by atoms with Gasteiger partial charge in [0.05, 0.1) is 0 Å². The lowest BCUT2D eigenvalue weighted by Crippen LogP contribution is -2.33. The van der Waals surface area contributed by atoms with Crippen molar-refractivity contribution in [3.63, 3.8) is 0 Å². The number of nitrogens with zero attached hydrogens (tertiary/aromatic N) is 2. The largest absolute Gasteiger partial charge is 0.244 e. The minimum Gasteiger partial charge on any atom is -0.207 e. The molecular weight excluding hydrogens is 267 g/mol. The van der Waals surface area contributed by atoms with Gasteiger partial charge in [0.15, 0.2) is 0 Å². The zero-order chi connectivity index (χ0) is 14.5. The summed E-state index contributed by atoms with van der Waals surface area (Å²) in [5, 5.41) is 8.93. The van der Waals surface area contributed by atoms with Crippen LogP contribution in [0.5, 0.6) is 0 Å². The number of hydrogen-bond acceptors (Lipinski definition) is 3. The second kappa shape index (κ2) is 6.64. The molecule has 1 rings (SSSR count). The Balaban J connectivity index is 3.34. The van der Waals surface area contributed by atoms with Crippen LogP contribution in [0.15, 0.2) is 23.1 Å². The van der Waals surface area contributed by atoms with Crippen molar-refractivity contribution in [3.8, 4) is 6.07 Å². The summed E-state index contributed by atoms with van der Waals surface area (Å²) < 4.78 is 39.7. The number of nitriles is 1. The molecule has 1 aromatic carbocycles. The Morgan fingerprint density at radius 3 is 2.32 bits per heavy atom. The number of rotatable bonds is 6. The van der Waals surface area contributed by atoms with Crippen molar-refractivity contribution in [2.75, 3.05) is 13.1 Å². The van der Waals surface area contributed by atoms with Crippen molar-refractivity contribution in [2.24, 2.45) is 0 Å². The standard InChI is InChI=1S/C13H17FN2O2S/c1-3-8-16(9-4-2)19(17,18)13-7-5-6-12(14)11(13)10-15/h5-7H,3-4,8-9H2,1-2H3. The Morgan fingerprint density at radius 1 is 1.26 bits per heavy atom. The Morgan fingerprint density at radius 2 is 1.84 bits per heavy atom. The highest BCUT2D eigenvalue weighted by atomic mass is 32.2. The summed E-state index contributed by atoms with van der Waals surface area (Å²) >= 11 is 0. The van der Waals surface area contributed by atoms with Crippen molar-refractivity contribution in [1.29, 1.82) is 5.26 Å². The van der Waals surface area contributed by atoms with Crippen molar-refractivity contribution < 1.29 is 12.8 Å². The molecule has 0 atom stereocenters. The van der Waals surface area contributed by atoms with Crippen LogP contribution in [0.4, 0.5) is 4.39 Å². The summed E-state index contributed by atoms with van der Waals surface area (Å²) in [6.45, 7) is 4.46. The quantitative estimate of drug-likeness (QED) is 0.806. The average molecular weight is 284 g/mol. The lowest BCUT2D eigenvalue weighted by molar-refractivity contribution is 0.409. The van der Waals surface area contributed by atoms with Crippen LogP contribution in [0.3, 0.4) is 0 Å². The van der Waals surface area contributed by atoms with E-state index in [0.29, 0.717) is 25.9 Å². The molecule has 0 amide bonds. The molecule has 19 heavy (non-hydrogen) atoms. The minimum atomic E-state index is -3.82. The number of halogens is 1. The van der Waals surface area contributed by atoms with Crippen molar-refractivity contribution in [3.05, 3.63) is 29.6 Å².